The van der Waals surface area contributed by atoms with Crippen molar-refractivity contribution in [1.82, 2.24) is 0 Å². The van der Waals surface area contributed by atoms with Crippen LogP contribution in [0.5, 0.6) is 5.75 Å². The van der Waals surface area contributed by atoms with Crippen LogP contribution in [-0.2, 0) is 0 Å². The first-order valence-corrected chi connectivity index (χ1v) is 10.2. The van der Waals surface area contributed by atoms with Crippen molar-refractivity contribution in [3.05, 3.63) is 33.9 Å². The predicted molar refractivity (Wildman–Crippen MR) is 104 cm³/mol. The van der Waals surface area contributed by atoms with Crippen molar-refractivity contribution in [1.29, 1.82) is 0 Å². The van der Waals surface area contributed by atoms with E-state index in [1.54, 1.807) is 0 Å². The first-order chi connectivity index (χ1) is 11.0. The van der Waals surface area contributed by atoms with Gasteiger partial charge in [0.2, 0.25) is 0 Å². The SMILES string of the molecule is C=Cc1ccc(OC2(C(C)C)C3CC4CC(C3)CC2C4)c(I)c1. The van der Waals surface area contributed by atoms with Crippen LogP contribution in [0.3, 0.4) is 0 Å². The summed E-state index contributed by atoms with van der Waals surface area (Å²) >= 11 is 2.42. The second-order valence-corrected chi connectivity index (χ2v) is 9.47. The van der Waals surface area contributed by atoms with E-state index in [-0.39, 0.29) is 5.60 Å². The van der Waals surface area contributed by atoms with E-state index in [1.807, 2.05) is 6.08 Å². The molecule has 5 rings (SSSR count). The summed E-state index contributed by atoms with van der Waals surface area (Å²) in [4.78, 5) is 0. The Balaban J connectivity index is 1.70. The molecular weight excluding hydrogens is 395 g/mol. The summed E-state index contributed by atoms with van der Waals surface area (Å²) in [5.41, 5.74) is 1.23. The monoisotopic (exact) mass is 422 g/mol. The lowest BCUT2D eigenvalue weighted by molar-refractivity contribution is -0.179. The van der Waals surface area contributed by atoms with Crippen LogP contribution >= 0.6 is 22.6 Å². The third-order valence-electron chi connectivity index (χ3n) is 6.79. The van der Waals surface area contributed by atoms with Crippen molar-refractivity contribution >= 4 is 28.7 Å². The molecule has 4 aliphatic carbocycles. The quantitative estimate of drug-likeness (QED) is 0.528. The lowest BCUT2D eigenvalue weighted by Crippen LogP contribution is -2.63. The number of benzene rings is 1. The van der Waals surface area contributed by atoms with Crippen LogP contribution in [0, 0.1) is 33.2 Å². The number of hydrogen-bond acceptors (Lipinski definition) is 1. The van der Waals surface area contributed by atoms with E-state index >= 15 is 0 Å². The summed E-state index contributed by atoms with van der Waals surface area (Å²) in [6, 6.07) is 6.48. The second-order valence-electron chi connectivity index (χ2n) is 8.31. The van der Waals surface area contributed by atoms with Gasteiger partial charge in [-0.2, -0.15) is 0 Å². The molecule has 0 aromatic heterocycles. The van der Waals surface area contributed by atoms with Crippen molar-refractivity contribution in [2.45, 2.75) is 51.6 Å². The van der Waals surface area contributed by atoms with Crippen LogP contribution < -0.4 is 4.74 Å². The minimum absolute atomic E-state index is 0.0586. The van der Waals surface area contributed by atoms with Crippen LogP contribution in [0.2, 0.25) is 0 Å². The molecule has 4 fully saturated rings. The van der Waals surface area contributed by atoms with Gasteiger partial charge in [-0.3, -0.25) is 0 Å². The molecule has 0 atom stereocenters. The fourth-order valence-electron chi connectivity index (χ4n) is 6.07. The number of hydrogen-bond donors (Lipinski definition) is 0. The Morgan fingerprint density at radius 2 is 1.74 bits per heavy atom. The van der Waals surface area contributed by atoms with E-state index in [9.17, 15) is 0 Å². The van der Waals surface area contributed by atoms with E-state index in [0.29, 0.717) is 5.92 Å². The molecule has 0 amide bonds. The normalized spacial score (nSPS) is 38.1. The molecule has 0 heterocycles. The highest BCUT2D eigenvalue weighted by Gasteiger charge is 2.60. The van der Waals surface area contributed by atoms with Gasteiger partial charge in [-0.1, -0.05) is 32.6 Å². The average molecular weight is 422 g/mol. The second kappa shape index (κ2) is 5.79. The van der Waals surface area contributed by atoms with Gasteiger partial charge in [0.05, 0.1) is 3.57 Å². The zero-order valence-electron chi connectivity index (χ0n) is 14.2. The number of ether oxygens (including phenoxy) is 1. The first-order valence-electron chi connectivity index (χ1n) is 9.14. The largest absolute Gasteiger partial charge is 0.485 e. The van der Waals surface area contributed by atoms with Gasteiger partial charge in [-0.15, -0.1) is 0 Å². The molecule has 2 heteroatoms. The molecule has 23 heavy (non-hydrogen) atoms. The van der Waals surface area contributed by atoms with E-state index in [2.05, 4.69) is 61.2 Å². The van der Waals surface area contributed by atoms with Gasteiger partial charge < -0.3 is 4.74 Å². The fraction of sp³-hybridized carbons (Fsp3) is 0.619. The Morgan fingerprint density at radius 3 is 2.22 bits per heavy atom. The third kappa shape index (κ3) is 2.47. The Morgan fingerprint density at radius 1 is 1.13 bits per heavy atom. The highest BCUT2D eigenvalue weighted by atomic mass is 127. The summed E-state index contributed by atoms with van der Waals surface area (Å²) in [6.07, 6.45) is 8.98. The van der Waals surface area contributed by atoms with Gasteiger partial charge >= 0.3 is 0 Å². The molecule has 1 aromatic carbocycles. The van der Waals surface area contributed by atoms with Crippen molar-refractivity contribution < 1.29 is 4.74 Å². The van der Waals surface area contributed by atoms with Crippen LogP contribution in [0.15, 0.2) is 24.8 Å². The van der Waals surface area contributed by atoms with Gasteiger partial charge in [0, 0.05) is 0 Å². The molecule has 0 aliphatic heterocycles. The van der Waals surface area contributed by atoms with Crippen molar-refractivity contribution in [3.8, 4) is 5.75 Å². The van der Waals surface area contributed by atoms with E-state index in [1.165, 1.54) is 41.2 Å². The molecule has 1 nitrogen and oxygen atoms in total. The van der Waals surface area contributed by atoms with E-state index in [0.717, 1.165) is 29.4 Å². The Hall–Kier alpha value is -0.510. The fourth-order valence-corrected chi connectivity index (χ4v) is 6.71. The average Bonchev–Trinajstić information content (AvgIpc) is 2.51. The molecule has 0 saturated heterocycles. The van der Waals surface area contributed by atoms with Crippen molar-refractivity contribution in [2.24, 2.45) is 29.6 Å². The molecule has 4 bridgehead atoms. The van der Waals surface area contributed by atoms with Crippen LogP contribution in [0.4, 0.5) is 0 Å². The molecule has 4 aliphatic rings. The van der Waals surface area contributed by atoms with Gasteiger partial charge in [0.15, 0.2) is 0 Å². The van der Waals surface area contributed by atoms with E-state index in [4.69, 9.17) is 4.74 Å². The number of halogens is 1. The van der Waals surface area contributed by atoms with Crippen molar-refractivity contribution in [3.63, 3.8) is 0 Å². The zero-order valence-corrected chi connectivity index (χ0v) is 16.4. The summed E-state index contributed by atoms with van der Waals surface area (Å²) in [5.74, 6) is 5.14. The molecule has 0 unspecified atom stereocenters. The summed E-state index contributed by atoms with van der Waals surface area (Å²) in [7, 11) is 0. The maximum atomic E-state index is 6.93. The minimum Gasteiger partial charge on any atom is -0.485 e. The predicted octanol–water partition coefficient (Wildman–Crippen LogP) is 6.16. The number of rotatable bonds is 4. The third-order valence-corrected chi connectivity index (χ3v) is 7.64. The molecule has 4 saturated carbocycles. The first kappa shape index (κ1) is 16.0. The molecular formula is C21H27IO. The molecule has 124 valence electrons. The van der Waals surface area contributed by atoms with Gasteiger partial charge in [0.1, 0.15) is 11.4 Å². The zero-order chi connectivity index (χ0) is 16.2. The maximum absolute atomic E-state index is 6.93. The van der Waals surface area contributed by atoms with Crippen LogP contribution in [0.25, 0.3) is 6.08 Å². The molecule has 0 spiro atoms. The lowest BCUT2D eigenvalue weighted by atomic mass is 9.47. The summed E-state index contributed by atoms with van der Waals surface area (Å²) in [6.45, 7) is 8.64. The molecule has 0 radical (unpaired) electrons. The molecule has 0 N–H and O–H groups in total. The van der Waals surface area contributed by atoms with Gasteiger partial charge in [0.25, 0.3) is 0 Å². The highest BCUT2D eigenvalue weighted by molar-refractivity contribution is 14.1. The highest BCUT2D eigenvalue weighted by Crippen LogP contribution is 2.61. The smallest absolute Gasteiger partial charge is 0.133 e. The Labute approximate surface area is 154 Å². The van der Waals surface area contributed by atoms with E-state index < -0.39 is 0 Å². The maximum Gasteiger partial charge on any atom is 0.133 e. The summed E-state index contributed by atoms with van der Waals surface area (Å²) in [5, 5.41) is 0. The van der Waals surface area contributed by atoms with Crippen LogP contribution in [0.1, 0.15) is 51.5 Å². The van der Waals surface area contributed by atoms with Gasteiger partial charge in [-0.05, 0) is 102 Å². The van der Waals surface area contributed by atoms with Crippen molar-refractivity contribution in [2.75, 3.05) is 0 Å². The Kier molecular flexibility index (Phi) is 4.02. The van der Waals surface area contributed by atoms with Crippen LogP contribution in [-0.4, -0.2) is 5.60 Å². The molecule has 1 aromatic rings. The minimum atomic E-state index is 0.0586. The topological polar surface area (TPSA) is 9.23 Å². The summed E-state index contributed by atoms with van der Waals surface area (Å²) < 4.78 is 8.15. The lowest BCUT2D eigenvalue weighted by Gasteiger charge is -2.62. The van der Waals surface area contributed by atoms with Gasteiger partial charge in [-0.25, -0.2) is 0 Å². The standard InChI is InChI=1S/C21H27IO/c1-4-14-5-6-20(19(22)12-14)23-21(13(2)3)17-8-15-7-16(10-17)11-18(21)9-15/h4-6,12-13,15-18H,1,7-11H2,2-3H3. The Bertz CT molecular complexity index is 590.